The van der Waals surface area contributed by atoms with Gasteiger partial charge in [-0.25, -0.2) is 0 Å². The number of para-hydroxylation sites is 1. The maximum atomic E-state index is 12.5. The number of nitrogens with zero attached hydrogens (tertiary/aromatic N) is 1. The fourth-order valence-corrected chi connectivity index (χ4v) is 4.89. The molecule has 0 bridgehead atoms. The second-order valence-electron chi connectivity index (χ2n) is 7.27. The van der Waals surface area contributed by atoms with Gasteiger partial charge in [-0.15, -0.1) is 11.3 Å². The Kier molecular flexibility index (Phi) is 6.35. The number of hydrogen-bond acceptors (Lipinski definition) is 5. The van der Waals surface area contributed by atoms with E-state index in [1.807, 2.05) is 30.3 Å². The summed E-state index contributed by atoms with van der Waals surface area (Å²) in [4.78, 5) is 16.2. The zero-order chi connectivity index (χ0) is 20.9. The van der Waals surface area contributed by atoms with Gasteiger partial charge in [-0.1, -0.05) is 24.3 Å². The molecule has 156 valence electrons. The number of rotatable bonds is 7. The number of benzene rings is 2. The summed E-state index contributed by atoms with van der Waals surface area (Å²) in [5.74, 6) is 1.53. The highest BCUT2D eigenvalue weighted by Gasteiger charge is 2.31. The molecule has 1 aromatic heterocycles. The van der Waals surface area contributed by atoms with Crippen LogP contribution < -0.4 is 14.8 Å². The number of thiophene rings is 1. The third-order valence-electron chi connectivity index (χ3n) is 5.47. The normalized spacial score (nSPS) is 16.0. The molecule has 0 spiro atoms. The van der Waals surface area contributed by atoms with Crippen molar-refractivity contribution in [3.05, 3.63) is 76.0 Å². The first-order valence-electron chi connectivity index (χ1n) is 10.1. The lowest BCUT2D eigenvalue weighted by Gasteiger charge is -2.37. The molecule has 0 aliphatic carbocycles. The van der Waals surface area contributed by atoms with Gasteiger partial charge in [-0.2, -0.15) is 0 Å². The molecular weight excluding hydrogens is 396 g/mol. The summed E-state index contributed by atoms with van der Waals surface area (Å²) in [6.07, 6.45) is 1.36. The Bertz CT molecular complexity index is 989. The van der Waals surface area contributed by atoms with Crippen LogP contribution in [0.1, 0.15) is 28.5 Å². The largest absolute Gasteiger partial charge is 0.493 e. The molecular formula is C24H26N2O3S. The zero-order valence-corrected chi connectivity index (χ0v) is 18.1. The molecule has 1 atom stereocenters. The predicted molar refractivity (Wildman–Crippen MR) is 121 cm³/mol. The molecule has 0 saturated heterocycles. The van der Waals surface area contributed by atoms with Crippen molar-refractivity contribution < 1.29 is 14.3 Å². The van der Waals surface area contributed by atoms with Crippen LogP contribution in [0.2, 0.25) is 0 Å². The monoisotopic (exact) mass is 422 g/mol. The Hall–Kier alpha value is -2.83. The van der Waals surface area contributed by atoms with E-state index in [1.165, 1.54) is 16.0 Å². The van der Waals surface area contributed by atoms with Crippen molar-refractivity contribution in [1.29, 1.82) is 0 Å². The van der Waals surface area contributed by atoms with Crippen LogP contribution in [0.25, 0.3) is 0 Å². The fourth-order valence-electron chi connectivity index (χ4n) is 4.01. The summed E-state index contributed by atoms with van der Waals surface area (Å²) in [7, 11) is 3.33. The topological polar surface area (TPSA) is 50.8 Å². The van der Waals surface area contributed by atoms with E-state index < -0.39 is 0 Å². The summed E-state index contributed by atoms with van der Waals surface area (Å²) < 4.78 is 11.1. The van der Waals surface area contributed by atoms with Gasteiger partial charge in [-0.3, -0.25) is 9.69 Å². The highest BCUT2D eigenvalue weighted by molar-refractivity contribution is 7.10. The van der Waals surface area contributed by atoms with Gasteiger partial charge in [0.1, 0.15) is 0 Å². The average Bonchev–Trinajstić information content (AvgIpc) is 3.31. The van der Waals surface area contributed by atoms with E-state index in [0.717, 1.165) is 30.2 Å². The Morgan fingerprint density at radius 2 is 1.87 bits per heavy atom. The second kappa shape index (κ2) is 9.32. The molecule has 0 fully saturated rings. The first kappa shape index (κ1) is 20.4. The molecule has 1 unspecified atom stereocenters. The van der Waals surface area contributed by atoms with Gasteiger partial charge in [0.25, 0.3) is 0 Å². The Morgan fingerprint density at radius 1 is 1.10 bits per heavy atom. The van der Waals surface area contributed by atoms with Crippen molar-refractivity contribution in [3.8, 4) is 11.5 Å². The van der Waals surface area contributed by atoms with Crippen molar-refractivity contribution in [2.75, 3.05) is 32.6 Å². The minimum atomic E-state index is 0.0317. The maximum absolute atomic E-state index is 12.5. The van der Waals surface area contributed by atoms with Crippen molar-refractivity contribution >= 4 is 22.9 Å². The third-order valence-corrected chi connectivity index (χ3v) is 6.39. The number of hydrogen-bond donors (Lipinski definition) is 1. The first-order valence-corrected chi connectivity index (χ1v) is 10.9. The number of ether oxygens (including phenoxy) is 2. The Labute approximate surface area is 181 Å². The van der Waals surface area contributed by atoms with E-state index in [1.54, 1.807) is 25.6 Å². The lowest BCUT2D eigenvalue weighted by atomic mass is 9.90. The molecule has 30 heavy (non-hydrogen) atoms. The second-order valence-corrected chi connectivity index (χ2v) is 8.25. The van der Waals surface area contributed by atoms with Crippen molar-refractivity contribution in [1.82, 2.24) is 4.90 Å². The lowest BCUT2D eigenvalue weighted by Crippen LogP contribution is -2.37. The van der Waals surface area contributed by atoms with Crippen molar-refractivity contribution in [3.63, 3.8) is 0 Å². The molecule has 6 heteroatoms. The van der Waals surface area contributed by atoms with Crippen LogP contribution in [-0.4, -0.2) is 38.1 Å². The Balaban J connectivity index is 1.56. The molecule has 1 amide bonds. The van der Waals surface area contributed by atoms with E-state index in [-0.39, 0.29) is 11.9 Å². The maximum Gasteiger partial charge on any atom is 0.225 e. The van der Waals surface area contributed by atoms with Gasteiger partial charge < -0.3 is 14.8 Å². The summed E-state index contributed by atoms with van der Waals surface area (Å²) in [5.41, 5.74) is 3.33. The SMILES string of the molecule is COc1cc2c(cc1OC)C(c1cccs1)N(CCC(=O)Nc1ccccc1)CC2. The van der Waals surface area contributed by atoms with Gasteiger partial charge >= 0.3 is 0 Å². The van der Waals surface area contributed by atoms with Crippen LogP contribution in [0.15, 0.2) is 60.0 Å². The van der Waals surface area contributed by atoms with Gasteiger partial charge in [-0.05, 0) is 53.3 Å². The molecule has 1 aliphatic heterocycles. The van der Waals surface area contributed by atoms with E-state index in [4.69, 9.17) is 9.47 Å². The smallest absolute Gasteiger partial charge is 0.225 e. The predicted octanol–water partition coefficient (Wildman–Crippen LogP) is 4.74. The van der Waals surface area contributed by atoms with Gasteiger partial charge in [0.05, 0.1) is 20.3 Å². The molecule has 4 rings (SSSR count). The van der Waals surface area contributed by atoms with E-state index in [0.29, 0.717) is 13.0 Å². The van der Waals surface area contributed by atoms with E-state index >= 15 is 0 Å². The van der Waals surface area contributed by atoms with Crippen molar-refractivity contribution in [2.24, 2.45) is 0 Å². The number of amides is 1. The number of carbonyl (C=O) groups excluding carboxylic acids is 1. The molecule has 0 saturated carbocycles. The average molecular weight is 423 g/mol. The quantitative estimate of drug-likeness (QED) is 0.597. The number of anilines is 1. The Morgan fingerprint density at radius 3 is 2.57 bits per heavy atom. The standard InChI is InChI=1S/C24H26N2O3S/c1-28-20-15-17-10-12-26(13-11-23(27)25-18-7-4-3-5-8-18)24(22-9-6-14-30-22)19(17)16-21(20)29-2/h3-9,14-16,24H,10-13H2,1-2H3,(H,25,27). The van der Waals surface area contributed by atoms with Crippen LogP contribution in [0, 0.1) is 0 Å². The molecule has 0 radical (unpaired) electrons. The lowest BCUT2D eigenvalue weighted by molar-refractivity contribution is -0.116. The molecule has 1 N–H and O–H groups in total. The van der Waals surface area contributed by atoms with Crippen LogP contribution >= 0.6 is 11.3 Å². The highest BCUT2D eigenvalue weighted by atomic mass is 32.1. The summed E-state index contributed by atoms with van der Waals surface area (Å²) in [6, 6.07) is 18.1. The molecule has 2 heterocycles. The number of fused-ring (bicyclic) bond motifs is 1. The minimum absolute atomic E-state index is 0.0317. The van der Waals surface area contributed by atoms with Crippen LogP contribution in [0.5, 0.6) is 11.5 Å². The molecule has 5 nitrogen and oxygen atoms in total. The van der Waals surface area contributed by atoms with Crippen molar-refractivity contribution in [2.45, 2.75) is 18.9 Å². The minimum Gasteiger partial charge on any atom is -0.493 e. The zero-order valence-electron chi connectivity index (χ0n) is 17.3. The summed E-state index contributed by atoms with van der Waals surface area (Å²) in [6.45, 7) is 1.58. The molecule has 3 aromatic rings. The molecule has 1 aliphatic rings. The highest BCUT2D eigenvalue weighted by Crippen LogP contribution is 2.42. The molecule has 2 aromatic carbocycles. The summed E-state index contributed by atoms with van der Waals surface area (Å²) in [5, 5.41) is 5.09. The van der Waals surface area contributed by atoms with Gasteiger partial charge in [0, 0.05) is 30.1 Å². The summed E-state index contributed by atoms with van der Waals surface area (Å²) >= 11 is 1.74. The fraction of sp³-hybridized carbons (Fsp3) is 0.292. The van der Waals surface area contributed by atoms with Crippen LogP contribution in [0.3, 0.4) is 0 Å². The van der Waals surface area contributed by atoms with Gasteiger partial charge in [0.2, 0.25) is 5.91 Å². The van der Waals surface area contributed by atoms with E-state index in [9.17, 15) is 4.79 Å². The third kappa shape index (κ3) is 4.35. The number of carbonyl (C=O) groups is 1. The van der Waals surface area contributed by atoms with Crippen LogP contribution in [0.4, 0.5) is 5.69 Å². The first-order chi connectivity index (χ1) is 14.7. The van der Waals surface area contributed by atoms with Crippen LogP contribution in [-0.2, 0) is 11.2 Å². The van der Waals surface area contributed by atoms with E-state index in [2.05, 4.69) is 39.9 Å². The number of nitrogens with one attached hydrogen (secondary N) is 1. The number of methoxy groups -OCH3 is 2. The van der Waals surface area contributed by atoms with Gasteiger partial charge in [0.15, 0.2) is 11.5 Å².